The first-order valence-corrected chi connectivity index (χ1v) is 9.08. The summed E-state index contributed by atoms with van der Waals surface area (Å²) in [4.78, 5) is 12.8. The molecule has 24 heavy (non-hydrogen) atoms. The molecule has 4 nitrogen and oxygen atoms in total. The Kier molecular flexibility index (Phi) is 4.28. The van der Waals surface area contributed by atoms with Crippen LogP contribution >= 0.6 is 11.3 Å². The third kappa shape index (κ3) is 3.18. The van der Waals surface area contributed by atoms with E-state index < -0.39 is 0 Å². The summed E-state index contributed by atoms with van der Waals surface area (Å²) in [5.41, 5.74) is 9.25. The van der Waals surface area contributed by atoms with Crippen LogP contribution in [0, 0.1) is 0 Å². The highest BCUT2D eigenvalue weighted by Crippen LogP contribution is 2.24. The summed E-state index contributed by atoms with van der Waals surface area (Å²) in [6, 6.07) is 10.4. The second kappa shape index (κ2) is 6.71. The van der Waals surface area contributed by atoms with Gasteiger partial charge in [0.2, 0.25) is 0 Å². The molecule has 2 N–H and O–H groups in total. The van der Waals surface area contributed by atoms with Gasteiger partial charge in [-0.3, -0.25) is 9.88 Å². The van der Waals surface area contributed by atoms with Crippen LogP contribution in [0.1, 0.15) is 16.1 Å². The molecule has 0 amide bonds. The van der Waals surface area contributed by atoms with E-state index in [2.05, 4.69) is 51.3 Å². The van der Waals surface area contributed by atoms with Crippen molar-refractivity contribution in [2.24, 2.45) is 0 Å². The van der Waals surface area contributed by atoms with Gasteiger partial charge >= 0.3 is 0 Å². The molecule has 0 atom stereocenters. The van der Waals surface area contributed by atoms with Crippen LogP contribution in [0.5, 0.6) is 0 Å². The number of hydrogen-bond donors (Lipinski definition) is 1. The molecule has 0 fully saturated rings. The average Bonchev–Trinajstić information content (AvgIpc) is 2.86. The molecular formula is C19H20N4S. The van der Waals surface area contributed by atoms with Crippen LogP contribution in [0.2, 0.25) is 0 Å². The zero-order valence-electron chi connectivity index (χ0n) is 13.5. The van der Waals surface area contributed by atoms with Crippen molar-refractivity contribution < 1.29 is 0 Å². The van der Waals surface area contributed by atoms with E-state index in [0.29, 0.717) is 5.13 Å². The van der Waals surface area contributed by atoms with E-state index in [1.165, 1.54) is 21.5 Å². The van der Waals surface area contributed by atoms with E-state index in [-0.39, 0.29) is 0 Å². The summed E-state index contributed by atoms with van der Waals surface area (Å²) in [6.07, 6.45) is 8.32. The van der Waals surface area contributed by atoms with Gasteiger partial charge in [0.15, 0.2) is 5.13 Å². The molecule has 2 aromatic heterocycles. The molecule has 0 radical (unpaired) electrons. The fourth-order valence-electron chi connectivity index (χ4n) is 3.20. The quantitative estimate of drug-likeness (QED) is 0.796. The van der Waals surface area contributed by atoms with Crippen LogP contribution in [0.3, 0.4) is 0 Å². The van der Waals surface area contributed by atoms with Gasteiger partial charge in [-0.05, 0) is 12.5 Å². The van der Waals surface area contributed by atoms with E-state index in [4.69, 9.17) is 5.73 Å². The van der Waals surface area contributed by atoms with Gasteiger partial charge in [-0.2, -0.15) is 0 Å². The molecule has 3 heterocycles. The monoisotopic (exact) mass is 336 g/mol. The first kappa shape index (κ1) is 15.3. The number of fused-ring (bicyclic) bond motifs is 2. The number of anilines is 1. The molecule has 0 aliphatic carbocycles. The number of benzene rings is 1. The molecule has 0 unspecified atom stereocenters. The van der Waals surface area contributed by atoms with Gasteiger partial charge < -0.3 is 5.73 Å². The Morgan fingerprint density at radius 1 is 1.17 bits per heavy atom. The zero-order valence-corrected chi connectivity index (χ0v) is 14.3. The average molecular weight is 336 g/mol. The first-order valence-electron chi connectivity index (χ1n) is 8.26. The number of para-hydroxylation sites is 1. The van der Waals surface area contributed by atoms with Crippen molar-refractivity contribution in [2.45, 2.75) is 12.8 Å². The molecule has 1 aliphatic heterocycles. The highest BCUT2D eigenvalue weighted by Gasteiger charge is 2.16. The molecule has 3 aromatic rings. The minimum Gasteiger partial charge on any atom is -0.375 e. The summed E-state index contributed by atoms with van der Waals surface area (Å²) >= 11 is 1.64. The molecule has 1 aromatic carbocycles. The highest BCUT2D eigenvalue weighted by atomic mass is 32.1. The number of aromatic nitrogens is 2. The highest BCUT2D eigenvalue weighted by molar-refractivity contribution is 7.15. The van der Waals surface area contributed by atoms with Gasteiger partial charge in [0, 0.05) is 48.1 Å². The van der Waals surface area contributed by atoms with E-state index >= 15 is 0 Å². The van der Waals surface area contributed by atoms with Crippen LogP contribution in [-0.4, -0.2) is 34.5 Å². The topological polar surface area (TPSA) is 55.0 Å². The Balaban J connectivity index is 1.43. The lowest BCUT2D eigenvalue weighted by Gasteiger charge is -2.17. The summed E-state index contributed by atoms with van der Waals surface area (Å²) < 4.78 is 0. The zero-order chi connectivity index (χ0) is 16.4. The molecule has 5 heteroatoms. The van der Waals surface area contributed by atoms with Gasteiger partial charge in [-0.1, -0.05) is 36.4 Å². The molecule has 0 saturated carbocycles. The van der Waals surface area contributed by atoms with Crippen molar-refractivity contribution in [3.63, 3.8) is 0 Å². The Labute approximate surface area is 145 Å². The van der Waals surface area contributed by atoms with E-state index in [1.54, 1.807) is 11.3 Å². The Morgan fingerprint density at radius 3 is 3.00 bits per heavy atom. The van der Waals surface area contributed by atoms with Gasteiger partial charge in [-0.15, -0.1) is 11.3 Å². The maximum Gasteiger partial charge on any atom is 0.180 e. The lowest BCUT2D eigenvalue weighted by Crippen LogP contribution is -2.26. The number of nitrogens with zero attached hydrogens (tertiary/aromatic N) is 3. The third-order valence-electron chi connectivity index (χ3n) is 4.44. The molecular weight excluding hydrogens is 316 g/mol. The van der Waals surface area contributed by atoms with Crippen molar-refractivity contribution in [3.05, 3.63) is 58.7 Å². The number of rotatable bonds is 3. The van der Waals surface area contributed by atoms with Gasteiger partial charge in [0.05, 0.1) is 11.2 Å². The lowest BCUT2D eigenvalue weighted by molar-refractivity contribution is 0.318. The van der Waals surface area contributed by atoms with Gasteiger partial charge in [0.25, 0.3) is 0 Å². The van der Waals surface area contributed by atoms with E-state index in [9.17, 15) is 0 Å². The number of nitrogens with two attached hydrogens (primary N) is 1. The summed E-state index contributed by atoms with van der Waals surface area (Å²) in [6.45, 7) is 3.05. The van der Waals surface area contributed by atoms with Gasteiger partial charge in [0.1, 0.15) is 0 Å². The fourth-order valence-corrected chi connectivity index (χ4v) is 4.07. The number of nitrogen functional groups attached to an aromatic ring is 1. The first-order chi connectivity index (χ1) is 11.8. The molecule has 0 spiro atoms. The Hall–Kier alpha value is -2.24. The van der Waals surface area contributed by atoms with Crippen LogP contribution < -0.4 is 5.73 Å². The number of pyridine rings is 1. The largest absolute Gasteiger partial charge is 0.375 e. The van der Waals surface area contributed by atoms with Crippen LogP contribution in [0.15, 0.2) is 42.6 Å². The normalized spacial score (nSPS) is 15.7. The molecule has 0 bridgehead atoms. The molecule has 122 valence electrons. The minimum absolute atomic E-state index is 0.705. The van der Waals surface area contributed by atoms with Crippen molar-refractivity contribution in [3.8, 4) is 0 Å². The minimum atomic E-state index is 0.705. The van der Waals surface area contributed by atoms with Crippen molar-refractivity contribution in [1.29, 1.82) is 0 Å². The molecule has 1 aliphatic rings. The maximum absolute atomic E-state index is 5.81. The van der Waals surface area contributed by atoms with Crippen LogP contribution in [0.4, 0.5) is 5.13 Å². The summed E-state index contributed by atoms with van der Waals surface area (Å²) in [7, 11) is 0. The van der Waals surface area contributed by atoms with Crippen LogP contribution in [-0.2, 0) is 12.8 Å². The second-order valence-electron chi connectivity index (χ2n) is 6.05. The second-order valence-corrected chi connectivity index (χ2v) is 7.16. The maximum atomic E-state index is 5.81. The predicted octanol–water partition coefficient (Wildman–Crippen LogP) is 3.39. The van der Waals surface area contributed by atoms with E-state index in [1.807, 2.05) is 12.3 Å². The Bertz CT molecular complexity index is 853. The van der Waals surface area contributed by atoms with Crippen molar-refractivity contribution >= 4 is 33.4 Å². The fraction of sp³-hybridized carbons (Fsp3) is 0.263. The van der Waals surface area contributed by atoms with Crippen molar-refractivity contribution in [1.82, 2.24) is 14.9 Å². The number of thiazole rings is 1. The van der Waals surface area contributed by atoms with Crippen LogP contribution in [0.25, 0.3) is 17.0 Å². The standard InChI is InChI=1S/C19H20N4S/c20-19-22-16-8-12-23(13-9-17(16)24-19)11-3-7-15-5-1-4-14-6-2-10-21-18(14)15/h1-7,10H,8-9,11-13H2,(H2,20,22). The lowest BCUT2D eigenvalue weighted by atomic mass is 10.1. The van der Waals surface area contributed by atoms with Crippen molar-refractivity contribution in [2.75, 3.05) is 25.4 Å². The third-order valence-corrected chi connectivity index (χ3v) is 5.43. The molecule has 0 saturated heterocycles. The summed E-state index contributed by atoms with van der Waals surface area (Å²) in [5.74, 6) is 0. The predicted molar refractivity (Wildman–Crippen MR) is 101 cm³/mol. The summed E-state index contributed by atoms with van der Waals surface area (Å²) in [5, 5.41) is 1.89. The van der Waals surface area contributed by atoms with E-state index in [0.717, 1.165) is 38.0 Å². The molecule has 4 rings (SSSR count). The van der Waals surface area contributed by atoms with Gasteiger partial charge in [-0.25, -0.2) is 4.98 Å². The SMILES string of the molecule is Nc1nc2c(s1)CCN(CC=Cc1cccc3cccnc13)CC2. The smallest absolute Gasteiger partial charge is 0.180 e. The number of hydrogen-bond acceptors (Lipinski definition) is 5. The Morgan fingerprint density at radius 2 is 2.04 bits per heavy atom.